The molecule has 0 bridgehead atoms. The van der Waals surface area contributed by atoms with Gasteiger partial charge < -0.3 is 24.7 Å². The van der Waals surface area contributed by atoms with Gasteiger partial charge in [0.2, 0.25) is 0 Å². The molecule has 1 aliphatic rings. The van der Waals surface area contributed by atoms with Crippen LogP contribution in [0.2, 0.25) is 0 Å². The molecule has 0 unspecified atom stereocenters. The number of esters is 1. The molecule has 0 radical (unpaired) electrons. The van der Waals surface area contributed by atoms with Crippen LogP contribution in [0, 0.1) is 0 Å². The van der Waals surface area contributed by atoms with E-state index in [4.69, 9.17) is 5.11 Å². The van der Waals surface area contributed by atoms with Crippen molar-refractivity contribution < 1.29 is 29.3 Å². The van der Waals surface area contributed by atoms with Crippen molar-refractivity contribution in [1.29, 1.82) is 0 Å². The third kappa shape index (κ3) is 3.10. The highest BCUT2D eigenvalue weighted by molar-refractivity contribution is 5.85. The summed E-state index contributed by atoms with van der Waals surface area (Å²) >= 11 is 0. The highest BCUT2D eigenvalue weighted by atomic mass is 16.5. The van der Waals surface area contributed by atoms with Crippen LogP contribution in [-0.4, -0.2) is 77.4 Å². The van der Waals surface area contributed by atoms with Crippen LogP contribution in [0.15, 0.2) is 0 Å². The van der Waals surface area contributed by atoms with Crippen LogP contribution in [0.5, 0.6) is 0 Å². The maximum absolute atomic E-state index is 11.9. The van der Waals surface area contributed by atoms with Crippen LogP contribution in [0.4, 0.5) is 4.79 Å². The Kier molecular flexibility index (Phi) is 4.49. The highest BCUT2D eigenvalue weighted by Gasteiger charge is 2.40. The van der Waals surface area contributed by atoms with Crippen molar-refractivity contribution >= 4 is 18.0 Å². The topological polar surface area (TPSA) is 107 Å². The number of likely N-dealkylation sites (N-methyl/N-ethyl adjacent to an activating group) is 1. The van der Waals surface area contributed by atoms with Gasteiger partial charge in [-0.15, -0.1) is 0 Å². The molecule has 1 heterocycles. The molecule has 0 aromatic rings. The van der Waals surface area contributed by atoms with Crippen LogP contribution in [0.25, 0.3) is 0 Å². The SMILES string of the molecule is COC(=O)CN(C)C(=O)N1C[C@H](O)C[C@H]1C(=O)O. The first-order valence-electron chi connectivity index (χ1n) is 5.36. The molecular weight excluding hydrogens is 244 g/mol. The number of aliphatic hydroxyl groups is 1. The first-order chi connectivity index (χ1) is 8.36. The van der Waals surface area contributed by atoms with Gasteiger partial charge in [0.05, 0.1) is 13.2 Å². The van der Waals surface area contributed by atoms with E-state index in [2.05, 4.69) is 4.74 Å². The van der Waals surface area contributed by atoms with Crippen molar-refractivity contribution in [2.24, 2.45) is 0 Å². The summed E-state index contributed by atoms with van der Waals surface area (Å²) in [6, 6.07) is -1.68. The van der Waals surface area contributed by atoms with Crippen molar-refractivity contribution in [2.75, 3.05) is 27.2 Å². The van der Waals surface area contributed by atoms with Gasteiger partial charge in [0.15, 0.2) is 0 Å². The van der Waals surface area contributed by atoms with Crippen molar-refractivity contribution in [3.63, 3.8) is 0 Å². The van der Waals surface area contributed by atoms with E-state index >= 15 is 0 Å². The van der Waals surface area contributed by atoms with E-state index in [0.717, 1.165) is 9.80 Å². The Morgan fingerprint density at radius 3 is 2.56 bits per heavy atom. The van der Waals surface area contributed by atoms with E-state index in [9.17, 15) is 19.5 Å². The number of β-amino-alcohol motifs (C(OH)–C–C–N with tert-alkyl or cyclic N) is 1. The number of carboxylic acids is 1. The summed E-state index contributed by atoms with van der Waals surface area (Å²) < 4.78 is 4.41. The molecular formula is C10H16N2O6. The number of urea groups is 1. The number of rotatable bonds is 3. The molecule has 0 aromatic carbocycles. The molecule has 0 spiro atoms. The van der Waals surface area contributed by atoms with Crippen molar-refractivity contribution in [1.82, 2.24) is 9.80 Å². The summed E-state index contributed by atoms with van der Waals surface area (Å²) in [5.74, 6) is -1.77. The summed E-state index contributed by atoms with van der Waals surface area (Å²) in [6.45, 7) is -0.324. The zero-order valence-corrected chi connectivity index (χ0v) is 10.2. The number of carboxylic acid groups (broad SMARTS) is 1. The molecule has 1 fully saturated rings. The number of likely N-dealkylation sites (tertiary alicyclic amines) is 1. The minimum Gasteiger partial charge on any atom is -0.480 e. The number of aliphatic hydroxyl groups excluding tert-OH is 1. The Bertz CT molecular complexity index is 358. The summed E-state index contributed by atoms with van der Waals surface area (Å²) in [6.07, 6.45) is -0.866. The number of amides is 2. The zero-order chi connectivity index (χ0) is 13.9. The normalized spacial score (nSPS) is 22.7. The monoisotopic (exact) mass is 260 g/mol. The molecule has 1 saturated heterocycles. The minimum atomic E-state index is -1.17. The van der Waals surface area contributed by atoms with E-state index in [0.29, 0.717) is 0 Å². The van der Waals surface area contributed by atoms with Crippen molar-refractivity contribution in [2.45, 2.75) is 18.6 Å². The van der Waals surface area contributed by atoms with E-state index in [1.165, 1.54) is 14.2 Å². The molecule has 102 valence electrons. The second kappa shape index (κ2) is 5.67. The standard InChI is InChI=1S/C10H16N2O6/c1-11(5-8(14)18-2)10(17)12-4-6(13)3-7(12)9(15)16/h6-7,13H,3-5H2,1-2H3,(H,15,16)/t6-,7+/m1/s1. The molecule has 0 saturated carbocycles. The van der Waals surface area contributed by atoms with Crippen LogP contribution in [-0.2, 0) is 14.3 Å². The first-order valence-corrected chi connectivity index (χ1v) is 5.36. The van der Waals surface area contributed by atoms with E-state index in [1.54, 1.807) is 0 Å². The molecule has 0 aromatic heterocycles. The average molecular weight is 260 g/mol. The summed E-state index contributed by atoms with van der Waals surface area (Å²) in [7, 11) is 2.56. The lowest BCUT2D eigenvalue weighted by atomic mass is 10.2. The van der Waals surface area contributed by atoms with Crippen LogP contribution < -0.4 is 0 Å². The van der Waals surface area contributed by atoms with Gasteiger partial charge >= 0.3 is 18.0 Å². The van der Waals surface area contributed by atoms with Gasteiger partial charge in [-0.3, -0.25) is 4.79 Å². The molecule has 18 heavy (non-hydrogen) atoms. The Hall–Kier alpha value is -1.83. The van der Waals surface area contributed by atoms with Crippen molar-refractivity contribution in [3.8, 4) is 0 Å². The third-order valence-corrected chi connectivity index (χ3v) is 2.73. The lowest BCUT2D eigenvalue weighted by Gasteiger charge is -2.26. The number of nitrogens with zero attached hydrogens (tertiary/aromatic N) is 2. The van der Waals surface area contributed by atoms with E-state index in [1.807, 2.05) is 0 Å². The molecule has 1 aliphatic heterocycles. The van der Waals surface area contributed by atoms with Gasteiger partial charge in [-0.1, -0.05) is 0 Å². The zero-order valence-electron chi connectivity index (χ0n) is 10.2. The molecule has 8 nitrogen and oxygen atoms in total. The second-order valence-corrected chi connectivity index (χ2v) is 4.11. The van der Waals surface area contributed by atoms with Crippen LogP contribution in [0.3, 0.4) is 0 Å². The molecule has 1 rings (SSSR count). The number of aliphatic carboxylic acids is 1. The minimum absolute atomic E-state index is 0.00681. The summed E-state index contributed by atoms with van der Waals surface area (Å²) in [4.78, 5) is 36.0. The Balaban J connectivity index is 2.70. The maximum atomic E-state index is 11.9. The predicted octanol–water partition coefficient (Wildman–Crippen LogP) is -1.27. The summed E-state index contributed by atoms with van der Waals surface area (Å²) in [5.41, 5.74) is 0. The fourth-order valence-corrected chi connectivity index (χ4v) is 1.80. The van der Waals surface area contributed by atoms with Gasteiger partial charge in [-0.25, -0.2) is 9.59 Å². The molecule has 2 atom stereocenters. The highest BCUT2D eigenvalue weighted by Crippen LogP contribution is 2.19. The van der Waals surface area contributed by atoms with Crippen molar-refractivity contribution in [3.05, 3.63) is 0 Å². The van der Waals surface area contributed by atoms with E-state index < -0.39 is 30.1 Å². The smallest absolute Gasteiger partial charge is 0.326 e. The van der Waals surface area contributed by atoms with Crippen LogP contribution in [0.1, 0.15) is 6.42 Å². The first kappa shape index (κ1) is 14.2. The number of carbonyl (C=O) groups excluding carboxylic acids is 2. The van der Waals surface area contributed by atoms with Crippen LogP contribution >= 0.6 is 0 Å². The average Bonchev–Trinajstić information content (AvgIpc) is 2.70. The Morgan fingerprint density at radius 2 is 2.06 bits per heavy atom. The molecule has 0 aliphatic carbocycles. The van der Waals surface area contributed by atoms with Gasteiger partial charge in [0.25, 0.3) is 0 Å². The fourth-order valence-electron chi connectivity index (χ4n) is 1.80. The van der Waals surface area contributed by atoms with Gasteiger partial charge in [-0.2, -0.15) is 0 Å². The van der Waals surface area contributed by atoms with Gasteiger partial charge in [0.1, 0.15) is 12.6 Å². The number of hydrogen-bond donors (Lipinski definition) is 2. The second-order valence-electron chi connectivity index (χ2n) is 4.11. The van der Waals surface area contributed by atoms with Gasteiger partial charge in [-0.05, 0) is 0 Å². The summed E-state index contributed by atoms with van der Waals surface area (Å²) in [5, 5.41) is 18.4. The maximum Gasteiger partial charge on any atom is 0.326 e. The molecule has 8 heteroatoms. The number of ether oxygens (including phenoxy) is 1. The Labute approximate surface area is 104 Å². The lowest BCUT2D eigenvalue weighted by molar-refractivity contribution is -0.141. The molecule has 2 amide bonds. The lowest BCUT2D eigenvalue weighted by Crippen LogP contribution is -2.48. The largest absolute Gasteiger partial charge is 0.480 e. The third-order valence-electron chi connectivity index (χ3n) is 2.73. The molecule has 2 N–H and O–H groups in total. The predicted molar refractivity (Wildman–Crippen MR) is 58.8 cm³/mol. The number of hydrogen-bond acceptors (Lipinski definition) is 5. The quantitative estimate of drug-likeness (QED) is 0.613. The fraction of sp³-hybridized carbons (Fsp3) is 0.700. The van der Waals surface area contributed by atoms with E-state index in [-0.39, 0.29) is 19.5 Å². The Morgan fingerprint density at radius 1 is 1.44 bits per heavy atom. The van der Waals surface area contributed by atoms with Gasteiger partial charge in [0, 0.05) is 20.0 Å². The number of carbonyl (C=O) groups is 3. The number of methoxy groups -OCH3 is 1.